The minimum atomic E-state index is -1.06. The van der Waals surface area contributed by atoms with Gasteiger partial charge in [-0.1, -0.05) is 13.8 Å². The number of hydrogen-bond donors (Lipinski definition) is 3. The number of carbonyl (C=O) groups excluding carboxylic acids is 4. The van der Waals surface area contributed by atoms with Gasteiger partial charge < -0.3 is 15.8 Å². The number of hydrogen-bond acceptors (Lipinski definition) is 6. The lowest BCUT2D eigenvalue weighted by Gasteiger charge is -2.21. The molecule has 0 bridgehead atoms. The number of urea groups is 1. The number of nitriles is 1. The van der Waals surface area contributed by atoms with Crippen LogP contribution in [0.5, 0.6) is 0 Å². The molecule has 1 atom stereocenters. The number of nitrogens with two attached hydrogens (primary N) is 1. The van der Waals surface area contributed by atoms with Gasteiger partial charge >= 0.3 is 6.03 Å². The number of ketones is 1. The third-order valence-corrected chi connectivity index (χ3v) is 3.60. The SMILES string of the molecule is CC(=O)c1ccc(NC(=O)/C(=N/NC(N)=O)[C@@H](C#N)CC(C)(C)C=O)cc1. The summed E-state index contributed by atoms with van der Waals surface area (Å²) >= 11 is 0. The van der Waals surface area contributed by atoms with Gasteiger partial charge in [-0.3, -0.25) is 9.59 Å². The Morgan fingerprint density at radius 2 is 1.89 bits per heavy atom. The van der Waals surface area contributed by atoms with Crippen LogP contribution in [0.4, 0.5) is 10.5 Å². The number of amides is 3. The van der Waals surface area contributed by atoms with Crippen molar-refractivity contribution in [2.24, 2.45) is 22.2 Å². The molecule has 0 saturated carbocycles. The molecule has 1 aromatic rings. The molecule has 0 aliphatic carbocycles. The zero-order chi connectivity index (χ0) is 20.6. The van der Waals surface area contributed by atoms with E-state index < -0.39 is 23.3 Å². The summed E-state index contributed by atoms with van der Waals surface area (Å²) in [6, 6.07) is 7.02. The molecule has 27 heavy (non-hydrogen) atoms. The van der Waals surface area contributed by atoms with Crippen LogP contribution in [-0.4, -0.2) is 29.7 Å². The summed E-state index contributed by atoms with van der Waals surface area (Å²) in [5, 5.41) is 15.6. The molecule has 0 spiro atoms. The van der Waals surface area contributed by atoms with Crippen LogP contribution in [0.25, 0.3) is 0 Å². The molecule has 0 aliphatic rings. The first kappa shape index (κ1) is 21.5. The number of hydrazone groups is 1. The van der Waals surface area contributed by atoms with Crippen molar-refractivity contribution >= 4 is 35.4 Å². The number of primary amides is 1. The summed E-state index contributed by atoms with van der Waals surface area (Å²) in [5.74, 6) is -1.93. The molecule has 0 heterocycles. The molecule has 1 rings (SSSR count). The summed E-state index contributed by atoms with van der Waals surface area (Å²) in [7, 11) is 0. The largest absolute Gasteiger partial charge is 0.350 e. The normalized spacial score (nSPS) is 12.4. The lowest BCUT2D eigenvalue weighted by atomic mass is 9.82. The monoisotopic (exact) mass is 371 g/mol. The fourth-order valence-corrected chi connectivity index (χ4v) is 2.16. The van der Waals surface area contributed by atoms with Crippen molar-refractivity contribution in [1.29, 1.82) is 5.26 Å². The Bertz CT molecular complexity index is 806. The molecule has 9 heteroatoms. The maximum Gasteiger partial charge on any atom is 0.332 e. The van der Waals surface area contributed by atoms with Crippen LogP contribution in [0.1, 0.15) is 37.6 Å². The quantitative estimate of drug-likeness (QED) is 0.274. The van der Waals surface area contributed by atoms with Crippen molar-refractivity contribution in [2.45, 2.75) is 27.2 Å². The number of aldehydes is 1. The Morgan fingerprint density at radius 3 is 2.33 bits per heavy atom. The molecule has 142 valence electrons. The van der Waals surface area contributed by atoms with Crippen LogP contribution < -0.4 is 16.5 Å². The molecule has 0 radical (unpaired) electrons. The van der Waals surface area contributed by atoms with Gasteiger partial charge in [-0.15, -0.1) is 0 Å². The van der Waals surface area contributed by atoms with Gasteiger partial charge in [-0.05, 0) is 37.6 Å². The smallest absolute Gasteiger partial charge is 0.332 e. The van der Waals surface area contributed by atoms with Gasteiger partial charge in [0, 0.05) is 16.7 Å². The van der Waals surface area contributed by atoms with Gasteiger partial charge in [0.05, 0.1) is 12.0 Å². The van der Waals surface area contributed by atoms with Crippen molar-refractivity contribution in [3.05, 3.63) is 29.8 Å². The first-order chi connectivity index (χ1) is 12.6. The summed E-state index contributed by atoms with van der Waals surface area (Å²) in [4.78, 5) is 46.0. The van der Waals surface area contributed by atoms with Gasteiger partial charge in [0.2, 0.25) is 0 Å². The number of anilines is 1. The van der Waals surface area contributed by atoms with Crippen LogP contribution >= 0.6 is 0 Å². The van der Waals surface area contributed by atoms with E-state index in [-0.39, 0.29) is 17.9 Å². The van der Waals surface area contributed by atoms with Gasteiger partial charge in [-0.25, -0.2) is 10.2 Å². The third kappa shape index (κ3) is 6.70. The van der Waals surface area contributed by atoms with Gasteiger partial charge in [0.25, 0.3) is 5.91 Å². The van der Waals surface area contributed by atoms with Crippen molar-refractivity contribution in [1.82, 2.24) is 5.43 Å². The number of rotatable bonds is 8. The number of carbonyl (C=O) groups is 4. The van der Waals surface area contributed by atoms with Crippen molar-refractivity contribution < 1.29 is 19.2 Å². The molecule has 0 unspecified atom stereocenters. The van der Waals surface area contributed by atoms with E-state index in [2.05, 4.69) is 10.4 Å². The Balaban J connectivity index is 3.11. The zero-order valence-corrected chi connectivity index (χ0v) is 15.3. The topological polar surface area (TPSA) is 155 Å². The summed E-state index contributed by atoms with van der Waals surface area (Å²) in [6.45, 7) is 4.64. The van der Waals surface area contributed by atoms with Crippen molar-refractivity contribution in [3.63, 3.8) is 0 Å². The van der Waals surface area contributed by atoms with Crippen LogP contribution in [-0.2, 0) is 9.59 Å². The summed E-state index contributed by atoms with van der Waals surface area (Å²) in [5.41, 5.74) is 6.58. The van der Waals surface area contributed by atoms with E-state index in [0.29, 0.717) is 17.5 Å². The van der Waals surface area contributed by atoms with E-state index in [1.807, 2.05) is 11.5 Å². The Morgan fingerprint density at radius 1 is 1.30 bits per heavy atom. The lowest BCUT2D eigenvalue weighted by Crippen LogP contribution is -2.36. The molecule has 0 fully saturated rings. The maximum atomic E-state index is 12.6. The van der Waals surface area contributed by atoms with E-state index in [1.54, 1.807) is 13.8 Å². The van der Waals surface area contributed by atoms with E-state index in [0.717, 1.165) is 0 Å². The Hall–Kier alpha value is -3.54. The molecular formula is C18H21N5O4. The van der Waals surface area contributed by atoms with E-state index in [9.17, 15) is 24.4 Å². The highest BCUT2D eigenvalue weighted by molar-refractivity contribution is 6.44. The van der Waals surface area contributed by atoms with Crippen LogP contribution in [0.15, 0.2) is 29.4 Å². The molecule has 1 aromatic carbocycles. The summed E-state index contributed by atoms with van der Waals surface area (Å²) in [6.07, 6.45) is 0.692. The van der Waals surface area contributed by atoms with E-state index >= 15 is 0 Å². The second-order valence-electron chi connectivity index (χ2n) is 6.55. The highest BCUT2D eigenvalue weighted by atomic mass is 16.2. The van der Waals surface area contributed by atoms with Gasteiger partial charge in [0.1, 0.15) is 12.0 Å². The standard InChI is InChI=1S/C18H21N5O4/c1-11(25)12-4-6-14(7-5-12)21-16(26)15(22-23-17(20)27)13(9-19)8-18(2,3)10-24/h4-7,10,13H,8H2,1-3H3,(H,21,26)(H3,20,23,27)/b22-15+/t13-/m1/s1. The number of nitrogens with one attached hydrogen (secondary N) is 2. The van der Waals surface area contributed by atoms with E-state index in [1.165, 1.54) is 31.2 Å². The highest BCUT2D eigenvalue weighted by Gasteiger charge is 2.30. The second-order valence-corrected chi connectivity index (χ2v) is 6.55. The van der Waals surface area contributed by atoms with Gasteiger partial charge in [-0.2, -0.15) is 10.4 Å². The second kappa shape index (κ2) is 9.24. The Kier molecular flexibility index (Phi) is 7.36. The average molecular weight is 371 g/mol. The molecule has 4 N–H and O–H groups in total. The first-order valence-electron chi connectivity index (χ1n) is 8.01. The summed E-state index contributed by atoms with van der Waals surface area (Å²) < 4.78 is 0. The predicted molar refractivity (Wildman–Crippen MR) is 98.8 cm³/mol. The molecule has 0 aromatic heterocycles. The van der Waals surface area contributed by atoms with Gasteiger partial charge in [0.15, 0.2) is 5.78 Å². The predicted octanol–water partition coefficient (Wildman–Crippen LogP) is 1.61. The van der Waals surface area contributed by atoms with Crippen LogP contribution in [0.2, 0.25) is 0 Å². The molecule has 9 nitrogen and oxygen atoms in total. The first-order valence-corrected chi connectivity index (χ1v) is 8.01. The third-order valence-electron chi connectivity index (χ3n) is 3.60. The molecular weight excluding hydrogens is 350 g/mol. The highest BCUT2D eigenvalue weighted by Crippen LogP contribution is 2.24. The minimum absolute atomic E-state index is 0.0168. The van der Waals surface area contributed by atoms with Crippen LogP contribution in [0, 0.1) is 22.7 Å². The number of nitrogens with zero attached hydrogens (tertiary/aromatic N) is 2. The minimum Gasteiger partial charge on any atom is -0.350 e. The lowest BCUT2D eigenvalue weighted by molar-refractivity contribution is -0.115. The number of benzene rings is 1. The zero-order valence-electron chi connectivity index (χ0n) is 15.3. The Labute approximate surface area is 156 Å². The average Bonchev–Trinajstić information content (AvgIpc) is 2.60. The van der Waals surface area contributed by atoms with Crippen molar-refractivity contribution in [2.75, 3.05) is 5.32 Å². The maximum absolute atomic E-state index is 12.6. The fourth-order valence-electron chi connectivity index (χ4n) is 2.16. The van der Waals surface area contributed by atoms with E-state index in [4.69, 9.17) is 5.73 Å². The van der Waals surface area contributed by atoms with Crippen molar-refractivity contribution in [3.8, 4) is 6.07 Å². The molecule has 0 saturated heterocycles. The van der Waals surface area contributed by atoms with Crippen LogP contribution in [0.3, 0.4) is 0 Å². The number of Topliss-reactive ketones (excluding diaryl/α,β-unsaturated/α-hetero) is 1. The fraction of sp³-hybridized carbons (Fsp3) is 0.333. The molecule has 0 aliphatic heterocycles. The molecule has 3 amide bonds.